The normalized spacial score (nSPS) is 13.9. The van der Waals surface area contributed by atoms with Crippen molar-refractivity contribution in [3.8, 4) is 0 Å². The number of carboxylic acid groups (broad SMARTS) is 2. The van der Waals surface area contributed by atoms with Crippen molar-refractivity contribution in [2.24, 2.45) is 27.9 Å². The first-order valence-corrected chi connectivity index (χ1v) is 10.7. The maximum Gasteiger partial charge on any atom is 0.326 e. The summed E-state index contributed by atoms with van der Waals surface area (Å²) in [5.74, 6) is -5.93. The van der Waals surface area contributed by atoms with E-state index in [0.29, 0.717) is 0 Å². The molecule has 0 aromatic heterocycles. The van der Waals surface area contributed by atoms with Gasteiger partial charge in [-0.2, -0.15) is 0 Å². The van der Waals surface area contributed by atoms with E-state index in [1.807, 2.05) is 0 Å². The van der Waals surface area contributed by atoms with Gasteiger partial charge in [-0.3, -0.25) is 29.0 Å². The number of hydrogen-bond acceptors (Lipinski definition) is 8. The highest BCUT2D eigenvalue weighted by Crippen LogP contribution is 2.04. The molecular formula is C19H34N8O8. The van der Waals surface area contributed by atoms with E-state index in [2.05, 4.69) is 20.9 Å². The average molecular weight is 503 g/mol. The standard InChI is InChI=1S/C19H34N8O8/c1-9(25-16(32)10(20)4-6-13(21)28)15(31)26-11(5-7-14(29)30)17(33)27-12(18(34)35)3-2-8-24-19(22)23/h9-12H,2-8,20H2,1H3,(H2,21,28)(H,25,32)(H,26,31)(H,27,33)(H,29,30)(H,34,35)(H4,22,23,24). The Balaban J connectivity index is 5.16. The van der Waals surface area contributed by atoms with E-state index in [1.54, 1.807) is 0 Å². The van der Waals surface area contributed by atoms with Crippen LogP contribution in [0.2, 0.25) is 0 Å². The van der Waals surface area contributed by atoms with Gasteiger partial charge < -0.3 is 49.1 Å². The Morgan fingerprint density at radius 3 is 1.91 bits per heavy atom. The number of carboxylic acids is 2. The summed E-state index contributed by atoms with van der Waals surface area (Å²) in [5, 5.41) is 25.2. The van der Waals surface area contributed by atoms with Gasteiger partial charge in [0.05, 0.1) is 6.04 Å². The zero-order chi connectivity index (χ0) is 27.1. The van der Waals surface area contributed by atoms with Crippen LogP contribution in [0.5, 0.6) is 0 Å². The lowest BCUT2D eigenvalue weighted by Crippen LogP contribution is -2.56. The summed E-state index contributed by atoms with van der Waals surface area (Å²) in [6.07, 6.45) is -0.832. The van der Waals surface area contributed by atoms with E-state index in [-0.39, 0.29) is 44.6 Å². The van der Waals surface area contributed by atoms with Crippen LogP contribution in [0.4, 0.5) is 0 Å². The van der Waals surface area contributed by atoms with Gasteiger partial charge in [0.2, 0.25) is 23.6 Å². The van der Waals surface area contributed by atoms with Crippen LogP contribution >= 0.6 is 0 Å². The molecule has 198 valence electrons. The lowest BCUT2D eigenvalue weighted by molar-refractivity contribution is -0.143. The average Bonchev–Trinajstić information content (AvgIpc) is 2.75. The molecule has 4 atom stereocenters. The number of amides is 4. The highest BCUT2D eigenvalue weighted by atomic mass is 16.4. The van der Waals surface area contributed by atoms with Gasteiger partial charge in [0.1, 0.15) is 18.1 Å². The van der Waals surface area contributed by atoms with Gasteiger partial charge in [0.15, 0.2) is 5.96 Å². The maximum absolute atomic E-state index is 12.6. The Bertz CT molecular complexity index is 815. The van der Waals surface area contributed by atoms with Gasteiger partial charge in [0, 0.05) is 19.4 Å². The molecule has 0 saturated carbocycles. The molecule has 0 heterocycles. The SMILES string of the molecule is CC(NC(=O)C(N)CCC(N)=O)C(=O)NC(CCC(=O)O)C(=O)NC(CCCN=C(N)N)C(=O)O. The molecule has 0 radical (unpaired) electrons. The van der Waals surface area contributed by atoms with Gasteiger partial charge >= 0.3 is 11.9 Å². The third-order valence-corrected chi connectivity index (χ3v) is 4.63. The van der Waals surface area contributed by atoms with E-state index < -0.39 is 66.2 Å². The topological polar surface area (TPSA) is 295 Å². The van der Waals surface area contributed by atoms with Crippen LogP contribution in [-0.2, 0) is 28.8 Å². The molecule has 0 rings (SSSR count). The number of aliphatic carboxylic acids is 2. The van der Waals surface area contributed by atoms with Gasteiger partial charge in [-0.15, -0.1) is 0 Å². The summed E-state index contributed by atoms with van der Waals surface area (Å²) >= 11 is 0. The number of carbonyl (C=O) groups is 6. The smallest absolute Gasteiger partial charge is 0.326 e. The fourth-order valence-corrected chi connectivity index (χ4v) is 2.68. The van der Waals surface area contributed by atoms with Crippen molar-refractivity contribution < 1.29 is 39.0 Å². The zero-order valence-electron chi connectivity index (χ0n) is 19.4. The predicted molar refractivity (Wildman–Crippen MR) is 122 cm³/mol. The fourth-order valence-electron chi connectivity index (χ4n) is 2.68. The summed E-state index contributed by atoms with van der Waals surface area (Å²) < 4.78 is 0. The van der Waals surface area contributed by atoms with Gasteiger partial charge in [-0.05, 0) is 32.6 Å². The molecule has 0 aliphatic heterocycles. The van der Waals surface area contributed by atoms with E-state index in [9.17, 15) is 33.9 Å². The largest absolute Gasteiger partial charge is 0.481 e. The molecule has 0 aromatic rings. The second-order valence-electron chi connectivity index (χ2n) is 7.68. The number of nitrogens with two attached hydrogens (primary N) is 4. The minimum Gasteiger partial charge on any atom is -0.481 e. The fraction of sp³-hybridized carbons (Fsp3) is 0.632. The summed E-state index contributed by atoms with van der Waals surface area (Å²) in [6, 6.07) is -5.04. The first kappa shape index (κ1) is 31.0. The van der Waals surface area contributed by atoms with Gasteiger partial charge in [-0.25, -0.2) is 4.79 Å². The number of aliphatic imine (C=N–C) groups is 1. The van der Waals surface area contributed by atoms with Crippen molar-refractivity contribution in [1.29, 1.82) is 0 Å². The molecule has 35 heavy (non-hydrogen) atoms. The monoisotopic (exact) mass is 502 g/mol. The second kappa shape index (κ2) is 15.8. The summed E-state index contributed by atoms with van der Waals surface area (Å²) in [7, 11) is 0. The van der Waals surface area contributed by atoms with Crippen LogP contribution in [0.15, 0.2) is 4.99 Å². The van der Waals surface area contributed by atoms with Crippen molar-refractivity contribution in [3.05, 3.63) is 0 Å². The highest BCUT2D eigenvalue weighted by molar-refractivity contribution is 5.94. The molecular weight excluding hydrogens is 468 g/mol. The third-order valence-electron chi connectivity index (χ3n) is 4.63. The Morgan fingerprint density at radius 1 is 0.800 bits per heavy atom. The molecule has 0 aromatic carbocycles. The van der Waals surface area contributed by atoms with Gasteiger partial charge in [-0.1, -0.05) is 0 Å². The van der Waals surface area contributed by atoms with Crippen molar-refractivity contribution in [2.75, 3.05) is 6.54 Å². The number of hydrogen-bond donors (Lipinski definition) is 9. The lowest BCUT2D eigenvalue weighted by Gasteiger charge is -2.23. The molecule has 0 saturated heterocycles. The minimum atomic E-state index is -1.40. The number of primary amides is 1. The van der Waals surface area contributed by atoms with Crippen LogP contribution in [0.25, 0.3) is 0 Å². The zero-order valence-corrected chi connectivity index (χ0v) is 19.4. The maximum atomic E-state index is 12.6. The van der Waals surface area contributed by atoms with E-state index in [0.717, 1.165) is 0 Å². The first-order valence-electron chi connectivity index (χ1n) is 10.7. The van der Waals surface area contributed by atoms with Crippen molar-refractivity contribution in [3.63, 3.8) is 0 Å². The van der Waals surface area contributed by atoms with Crippen LogP contribution < -0.4 is 38.9 Å². The molecule has 0 aliphatic rings. The van der Waals surface area contributed by atoms with Gasteiger partial charge in [0.25, 0.3) is 0 Å². The van der Waals surface area contributed by atoms with Crippen LogP contribution in [0.1, 0.15) is 45.4 Å². The molecule has 0 spiro atoms. The molecule has 0 fully saturated rings. The summed E-state index contributed by atoms with van der Waals surface area (Å²) in [5.41, 5.74) is 21.0. The molecule has 4 amide bonds. The molecule has 0 bridgehead atoms. The van der Waals surface area contributed by atoms with E-state index >= 15 is 0 Å². The number of rotatable bonds is 17. The quantitative estimate of drug-likeness (QED) is 0.0525. The predicted octanol–water partition coefficient (Wildman–Crippen LogP) is -3.94. The number of carbonyl (C=O) groups excluding carboxylic acids is 4. The van der Waals surface area contributed by atoms with Crippen LogP contribution in [0, 0.1) is 0 Å². The Labute approximate surface area is 201 Å². The summed E-state index contributed by atoms with van der Waals surface area (Å²) in [4.78, 5) is 74.2. The molecule has 13 N–H and O–H groups in total. The number of nitrogens with one attached hydrogen (secondary N) is 3. The van der Waals surface area contributed by atoms with Crippen LogP contribution in [0.3, 0.4) is 0 Å². The Hall–Kier alpha value is -3.95. The highest BCUT2D eigenvalue weighted by Gasteiger charge is 2.29. The van der Waals surface area contributed by atoms with Crippen molar-refractivity contribution in [2.45, 2.75) is 69.6 Å². The van der Waals surface area contributed by atoms with Crippen molar-refractivity contribution in [1.82, 2.24) is 16.0 Å². The van der Waals surface area contributed by atoms with E-state index in [1.165, 1.54) is 6.92 Å². The molecule has 16 nitrogen and oxygen atoms in total. The molecule has 16 heteroatoms. The van der Waals surface area contributed by atoms with Crippen molar-refractivity contribution >= 4 is 41.5 Å². The van der Waals surface area contributed by atoms with E-state index in [4.69, 9.17) is 28.0 Å². The number of nitrogens with zero attached hydrogens (tertiary/aromatic N) is 1. The Kier molecular flexibility index (Phi) is 14.0. The minimum absolute atomic E-state index is 0.0346. The third kappa shape index (κ3) is 14.0. The lowest BCUT2D eigenvalue weighted by atomic mass is 10.1. The Morgan fingerprint density at radius 2 is 1.40 bits per heavy atom. The number of guanidine groups is 1. The second-order valence-corrected chi connectivity index (χ2v) is 7.68. The van der Waals surface area contributed by atoms with Crippen LogP contribution in [-0.4, -0.2) is 82.5 Å². The summed E-state index contributed by atoms with van der Waals surface area (Å²) in [6.45, 7) is 1.42. The first-order chi connectivity index (χ1) is 16.2. The molecule has 0 aliphatic carbocycles. The molecule has 4 unspecified atom stereocenters.